The van der Waals surface area contributed by atoms with E-state index in [1.807, 2.05) is 96.0 Å². The number of pyridine rings is 5. The van der Waals surface area contributed by atoms with Crippen LogP contribution < -0.4 is 24.8 Å². The summed E-state index contributed by atoms with van der Waals surface area (Å²) < 4.78 is 28.5. The molecule has 5 aliphatic heterocycles. The van der Waals surface area contributed by atoms with Gasteiger partial charge in [0.1, 0.15) is 48.3 Å². The number of aliphatic hydroxyl groups is 1. The first-order valence-corrected chi connectivity index (χ1v) is 36.1. The van der Waals surface area contributed by atoms with E-state index >= 15 is 0 Å². The lowest BCUT2D eigenvalue weighted by atomic mass is 10.0. The number of nitriles is 3. The van der Waals surface area contributed by atoms with E-state index in [2.05, 4.69) is 110 Å². The summed E-state index contributed by atoms with van der Waals surface area (Å²) in [5, 5.41) is 41.4. The van der Waals surface area contributed by atoms with Crippen molar-refractivity contribution < 1.29 is 38.4 Å². The number of hydrogen-bond acceptors (Lipinski definition) is 18. The minimum atomic E-state index is -0.479. The molecule has 4 aromatic carbocycles. The van der Waals surface area contributed by atoms with Crippen molar-refractivity contribution in [2.45, 2.75) is 57.3 Å². The number of anilines is 2. The highest BCUT2D eigenvalue weighted by atomic mass is 16.5. The smallest absolute Gasteiger partial charge is 0.248 e. The lowest BCUT2D eigenvalue weighted by Crippen LogP contribution is -2.42. The van der Waals surface area contributed by atoms with Gasteiger partial charge in [-0.2, -0.15) is 15.8 Å². The molecule has 107 heavy (non-hydrogen) atoms. The van der Waals surface area contributed by atoms with Gasteiger partial charge in [0.15, 0.2) is 0 Å². The average molecular weight is 1430 g/mol. The van der Waals surface area contributed by atoms with E-state index in [9.17, 15) is 30.2 Å². The molecule has 5 N–H and O–H groups in total. The summed E-state index contributed by atoms with van der Waals surface area (Å²) in [6, 6.07) is 51.9. The van der Waals surface area contributed by atoms with Crippen molar-refractivity contribution >= 4 is 56.0 Å². The van der Waals surface area contributed by atoms with Crippen LogP contribution in [0, 0.1) is 34.0 Å². The number of likely N-dealkylation sites (tertiary alicyclic amines) is 2. The average Bonchev–Trinajstić information content (AvgIpc) is 1.67. The van der Waals surface area contributed by atoms with Crippen molar-refractivity contribution in [3.63, 3.8) is 0 Å². The molecule has 12 aromatic rings. The Balaban J connectivity index is 0.000000129. The Kier molecular flexibility index (Phi) is 21.2. The number of hydrogen-bond donors (Lipinski definition) is 5. The fraction of sp³-hybridized carbons (Fsp3) is 0.277. The third-order valence-corrected chi connectivity index (χ3v) is 20.2. The number of morpholine rings is 2. The van der Waals surface area contributed by atoms with Gasteiger partial charge in [-0.25, -0.2) is 4.98 Å². The third-order valence-electron chi connectivity index (χ3n) is 20.2. The van der Waals surface area contributed by atoms with Crippen LogP contribution in [0.1, 0.15) is 60.8 Å². The summed E-state index contributed by atoms with van der Waals surface area (Å²) in [4.78, 5) is 74.8. The maximum atomic E-state index is 12.1. The largest absolute Gasteiger partial charge is 0.489 e. The van der Waals surface area contributed by atoms with Gasteiger partial charge in [-0.15, -0.1) is 0 Å². The Bertz CT molecular complexity index is 5390. The van der Waals surface area contributed by atoms with Crippen LogP contribution in [0.3, 0.4) is 0 Å². The molecule has 0 radical (unpaired) electrons. The van der Waals surface area contributed by atoms with E-state index in [0.29, 0.717) is 80.3 Å². The lowest BCUT2D eigenvalue weighted by Gasteiger charge is -2.32. The molecule has 0 bridgehead atoms. The van der Waals surface area contributed by atoms with Gasteiger partial charge >= 0.3 is 0 Å². The Morgan fingerprint density at radius 3 is 1.50 bits per heavy atom. The van der Waals surface area contributed by atoms with Crippen LogP contribution in [-0.2, 0) is 30.3 Å². The number of amides is 2. The minimum absolute atomic E-state index is 0.0674. The molecule has 8 aromatic heterocycles. The van der Waals surface area contributed by atoms with Gasteiger partial charge < -0.3 is 68.3 Å². The van der Waals surface area contributed by atoms with Crippen molar-refractivity contribution in [3.8, 4) is 97.3 Å². The number of nitrogens with one attached hydrogen (secondary N) is 4. The maximum absolute atomic E-state index is 12.1. The molecule has 0 saturated carbocycles. The minimum Gasteiger partial charge on any atom is -0.489 e. The van der Waals surface area contributed by atoms with Crippen molar-refractivity contribution in [2.24, 2.45) is 0 Å². The summed E-state index contributed by atoms with van der Waals surface area (Å²) in [5.74, 6) is 1.95. The number of ether oxygens (including phenoxy) is 5. The quantitative estimate of drug-likeness (QED) is 0.0637. The maximum Gasteiger partial charge on any atom is 0.248 e. The molecule has 538 valence electrons. The molecule has 2 amide bonds. The van der Waals surface area contributed by atoms with Gasteiger partial charge in [0, 0.05) is 205 Å². The second kappa shape index (κ2) is 32.3. The molecule has 5 saturated heterocycles. The molecule has 0 atom stereocenters. The summed E-state index contributed by atoms with van der Waals surface area (Å²) in [5.41, 5.74) is 17.1. The van der Waals surface area contributed by atoms with Crippen molar-refractivity contribution in [2.75, 3.05) is 102 Å². The van der Waals surface area contributed by atoms with Crippen LogP contribution in [0.4, 0.5) is 11.5 Å². The predicted molar refractivity (Wildman–Crippen MR) is 406 cm³/mol. The number of carbonyl (C=O) groups excluding carboxylic acids is 2. The number of piperidine rings is 1. The first-order valence-electron chi connectivity index (χ1n) is 36.1. The van der Waals surface area contributed by atoms with E-state index in [4.69, 9.17) is 28.8 Å². The Labute approximate surface area is 616 Å². The van der Waals surface area contributed by atoms with E-state index < -0.39 is 6.61 Å². The van der Waals surface area contributed by atoms with Crippen LogP contribution in [0.25, 0.3) is 100 Å². The zero-order valence-electron chi connectivity index (χ0n) is 58.8. The molecule has 0 spiro atoms. The summed E-state index contributed by atoms with van der Waals surface area (Å²) in [6.45, 7) is 9.65. The SMILES string of the molecule is N#Cc1cc(-c2nccc3[nH]c(-c4ccc(=O)[nH]c4)cc23)ccc1OC1CCOCC1.N#Cc1cc(-c2nccc3[nH]c(-c4ccc(N5CCOCC5)cc4)cc23)ccc1CN1CCCC1=O.N#Cc1cc(-c2nccc3[nH]c(-c4ccc(N5CCOCC5)nc4)cc23)ccc1OC1CCN(C(=O)CO)CC1. The number of rotatable bonds is 15. The fourth-order valence-corrected chi connectivity index (χ4v) is 14.3. The molecule has 5 fully saturated rings. The summed E-state index contributed by atoms with van der Waals surface area (Å²) in [6.07, 6.45) is 13.2. The van der Waals surface area contributed by atoms with Gasteiger partial charge in [0.05, 0.1) is 79.5 Å². The Morgan fingerprint density at radius 2 is 0.991 bits per heavy atom. The molecule has 0 aliphatic carbocycles. The predicted octanol–water partition coefficient (Wildman–Crippen LogP) is 12.1. The molecular weight excluding hydrogens is 1350 g/mol. The first kappa shape index (κ1) is 70.2. The zero-order chi connectivity index (χ0) is 73.2. The van der Waals surface area contributed by atoms with Crippen LogP contribution in [0.15, 0.2) is 175 Å². The van der Waals surface area contributed by atoms with Gasteiger partial charge in [-0.3, -0.25) is 29.3 Å². The van der Waals surface area contributed by atoms with Crippen LogP contribution in [-0.4, -0.2) is 171 Å². The van der Waals surface area contributed by atoms with Crippen molar-refractivity contribution in [1.29, 1.82) is 15.8 Å². The fourth-order valence-electron chi connectivity index (χ4n) is 14.3. The molecule has 24 heteroatoms. The van der Waals surface area contributed by atoms with Crippen LogP contribution in [0.2, 0.25) is 0 Å². The van der Waals surface area contributed by atoms with Crippen molar-refractivity contribution in [1.82, 2.24) is 49.7 Å². The first-order chi connectivity index (χ1) is 52.5. The number of aromatic nitrogens is 8. The highest BCUT2D eigenvalue weighted by Gasteiger charge is 2.27. The highest BCUT2D eigenvalue weighted by Crippen LogP contribution is 2.38. The van der Waals surface area contributed by atoms with Crippen molar-refractivity contribution in [3.05, 3.63) is 203 Å². The standard InChI is InChI=1S/C30H30N6O4.C29H27N5O2.C24H20N4O3/c31-17-22-15-20(1-3-27(22)40-23-6-9-36(10-7-23)29(38)19-37)30-24-16-26(34-25(24)5-8-32-30)21-2-4-28(33-18-21)35-11-13-39-14-12-35;30-18-23-16-21(3-4-22(23)19-34-11-1-2-28(34)35)29-25-17-27(32-26(25)9-10-31-29)20-5-7-24(8-6-20)33-12-14-36-15-13-33;25-13-17-11-15(1-3-22(17)31-18-6-9-30-10-7-18)24-19-12-21(28-20(19)5-8-26-24)16-2-4-23(29)27-14-16/h1-5,8,15-16,18,23,34,37H,6-7,9-14,19H2;3-10,16-17,32H,1-2,11-15,19H2;1-5,8,11-12,14,18,28H,6-7,9-10H2,(H,27,29). The third kappa shape index (κ3) is 15.8. The molecular formula is C83H77N15O9. The molecule has 5 aliphatic rings. The number of nitrogens with zero attached hydrogens (tertiary/aromatic N) is 11. The van der Waals surface area contributed by atoms with Gasteiger partial charge in [0.25, 0.3) is 0 Å². The molecule has 24 nitrogen and oxygen atoms in total. The number of aromatic amines is 4. The Hall–Kier alpha value is -12.5. The highest BCUT2D eigenvalue weighted by molar-refractivity contribution is 5.99. The van der Waals surface area contributed by atoms with E-state index in [-0.39, 0.29) is 29.6 Å². The molecule has 17 rings (SSSR count). The number of benzene rings is 4. The summed E-state index contributed by atoms with van der Waals surface area (Å²) in [7, 11) is 0. The van der Waals surface area contributed by atoms with E-state index in [1.165, 1.54) is 11.8 Å². The Morgan fingerprint density at radius 1 is 0.505 bits per heavy atom. The van der Waals surface area contributed by atoms with Gasteiger partial charge in [0.2, 0.25) is 17.4 Å². The lowest BCUT2D eigenvalue weighted by molar-refractivity contribution is -0.136. The van der Waals surface area contributed by atoms with Crippen LogP contribution in [0.5, 0.6) is 11.5 Å². The zero-order valence-corrected chi connectivity index (χ0v) is 58.8. The molecule has 0 unspecified atom stereocenters. The number of fused-ring (bicyclic) bond motifs is 3. The molecule has 13 heterocycles. The second-order valence-electron chi connectivity index (χ2n) is 26.8. The normalized spacial score (nSPS) is 15.6. The topological polar surface area (TPSA) is 317 Å². The van der Waals surface area contributed by atoms with E-state index in [0.717, 1.165) is 190 Å². The second-order valence-corrected chi connectivity index (χ2v) is 26.8. The number of carbonyl (C=O) groups is 2. The number of H-pyrrole nitrogens is 4. The summed E-state index contributed by atoms with van der Waals surface area (Å²) >= 11 is 0. The van der Waals surface area contributed by atoms with E-state index in [1.54, 1.807) is 35.8 Å². The number of aliphatic hydroxyl groups excluding tert-OH is 1. The van der Waals surface area contributed by atoms with Crippen LogP contribution >= 0.6 is 0 Å². The van der Waals surface area contributed by atoms with Gasteiger partial charge in [-0.05, 0) is 127 Å². The monoisotopic (exact) mass is 1430 g/mol. The van der Waals surface area contributed by atoms with Gasteiger partial charge in [-0.1, -0.05) is 24.3 Å².